The Bertz CT molecular complexity index is 1230. The third-order valence-corrected chi connectivity index (χ3v) is 6.11. The van der Waals surface area contributed by atoms with Gasteiger partial charge in [0.2, 0.25) is 0 Å². The van der Waals surface area contributed by atoms with Gasteiger partial charge < -0.3 is 14.8 Å². The van der Waals surface area contributed by atoms with Gasteiger partial charge >= 0.3 is 5.97 Å². The molecule has 4 rings (SSSR count). The minimum Gasteiger partial charge on any atom is -0.481 e. The highest BCUT2D eigenvalue weighted by Gasteiger charge is 2.44. The molecule has 6 heteroatoms. The molecular weight excluding hydrogens is 424 g/mol. The summed E-state index contributed by atoms with van der Waals surface area (Å²) in [5.41, 5.74) is 2.93. The topological polar surface area (TPSA) is 74.8 Å². The lowest BCUT2D eigenvalue weighted by Crippen LogP contribution is -2.38. The van der Waals surface area contributed by atoms with Crippen LogP contribution in [0.5, 0.6) is 0 Å². The second-order valence-corrected chi connectivity index (χ2v) is 7.83. The first-order valence-corrected chi connectivity index (χ1v) is 10.9. The summed E-state index contributed by atoms with van der Waals surface area (Å²) in [6, 6.07) is 12.0. The standard InChI is InChI=1S/C26H28N2O3.ClH/c1-4-26(14-8-7-9-21(26)25(29)30)24-19-12-10-17(27-5-2)15-22(19)31-23-16-18(28-6-3)11-13-20(23)24;/h7-16,21,27H,4-6H2,1-3H3,(H,29,30);1H. The molecule has 0 saturated carbocycles. The van der Waals surface area contributed by atoms with Crippen LogP contribution in [0.2, 0.25) is 0 Å². The Morgan fingerprint density at radius 3 is 2.66 bits per heavy atom. The third kappa shape index (κ3) is 3.93. The molecule has 1 aromatic carbocycles. The molecule has 2 atom stereocenters. The van der Waals surface area contributed by atoms with E-state index in [4.69, 9.17) is 4.42 Å². The van der Waals surface area contributed by atoms with Gasteiger partial charge in [-0.05, 0) is 50.1 Å². The third-order valence-electron chi connectivity index (χ3n) is 6.11. The Balaban J connectivity index is 0.00000289. The molecule has 0 fully saturated rings. The zero-order valence-corrected chi connectivity index (χ0v) is 19.4. The molecule has 2 unspecified atom stereocenters. The minimum atomic E-state index is -0.827. The fraction of sp³-hybridized carbons (Fsp3) is 0.308. The molecule has 32 heavy (non-hydrogen) atoms. The molecular formula is C26H29ClN2O3. The van der Waals surface area contributed by atoms with Gasteiger partial charge in [0, 0.05) is 47.3 Å². The van der Waals surface area contributed by atoms with Crippen LogP contribution in [0.15, 0.2) is 70.1 Å². The number of nitrogens with zero attached hydrogens (tertiary/aromatic N) is 1. The van der Waals surface area contributed by atoms with Crippen LogP contribution in [-0.4, -0.2) is 24.2 Å². The normalized spacial score (nSPS) is 20.5. The predicted octanol–water partition coefficient (Wildman–Crippen LogP) is 5.79. The summed E-state index contributed by atoms with van der Waals surface area (Å²) in [7, 11) is 0. The van der Waals surface area contributed by atoms with Crippen LogP contribution in [0.4, 0.5) is 5.69 Å². The second kappa shape index (κ2) is 9.61. The Morgan fingerprint density at radius 2 is 1.97 bits per heavy atom. The Hall–Kier alpha value is -3.05. The highest BCUT2D eigenvalue weighted by Crippen LogP contribution is 2.48. The zero-order chi connectivity index (χ0) is 22.0. The summed E-state index contributed by atoms with van der Waals surface area (Å²) < 4.78 is 6.35. The van der Waals surface area contributed by atoms with Crippen molar-refractivity contribution in [2.24, 2.45) is 10.9 Å². The number of benzene rings is 2. The van der Waals surface area contributed by atoms with E-state index in [2.05, 4.69) is 17.2 Å². The van der Waals surface area contributed by atoms with Gasteiger partial charge in [-0.3, -0.25) is 9.79 Å². The van der Waals surface area contributed by atoms with E-state index < -0.39 is 17.3 Å². The van der Waals surface area contributed by atoms with Gasteiger partial charge in [0.15, 0.2) is 0 Å². The van der Waals surface area contributed by atoms with Crippen molar-refractivity contribution in [1.29, 1.82) is 0 Å². The number of halogens is 1. The maximum absolute atomic E-state index is 12.3. The molecule has 168 valence electrons. The van der Waals surface area contributed by atoms with Crippen molar-refractivity contribution in [2.45, 2.75) is 32.6 Å². The van der Waals surface area contributed by atoms with Gasteiger partial charge in [0.05, 0.1) is 11.3 Å². The van der Waals surface area contributed by atoms with Crippen molar-refractivity contribution >= 4 is 35.0 Å². The van der Waals surface area contributed by atoms with Crippen molar-refractivity contribution in [1.82, 2.24) is 0 Å². The Labute approximate surface area is 194 Å². The number of carboxylic acid groups (broad SMARTS) is 1. The molecule has 1 heterocycles. The SMILES string of the molecule is CCN=c1ccc2c(C3(CC)C=CC=CC3C(=O)O)c3ccc(NCC)cc3oc-2c1.Cl. The molecule has 0 spiro atoms. The number of nitrogens with one attached hydrogen (secondary N) is 1. The van der Waals surface area contributed by atoms with Gasteiger partial charge in [0.25, 0.3) is 0 Å². The van der Waals surface area contributed by atoms with Crippen LogP contribution in [0.1, 0.15) is 32.8 Å². The van der Waals surface area contributed by atoms with E-state index in [1.807, 2.05) is 68.5 Å². The van der Waals surface area contributed by atoms with E-state index in [9.17, 15) is 9.90 Å². The molecule has 5 nitrogen and oxygen atoms in total. The number of hydrogen-bond donors (Lipinski definition) is 2. The largest absolute Gasteiger partial charge is 0.481 e. The number of anilines is 1. The predicted molar refractivity (Wildman–Crippen MR) is 132 cm³/mol. The van der Waals surface area contributed by atoms with Gasteiger partial charge in [-0.2, -0.15) is 0 Å². The molecule has 0 radical (unpaired) electrons. The van der Waals surface area contributed by atoms with Crippen LogP contribution in [0.3, 0.4) is 0 Å². The maximum Gasteiger partial charge on any atom is 0.311 e. The molecule has 3 aliphatic rings. The van der Waals surface area contributed by atoms with E-state index >= 15 is 0 Å². The fourth-order valence-corrected chi connectivity index (χ4v) is 4.71. The summed E-state index contributed by atoms with van der Waals surface area (Å²) >= 11 is 0. The average Bonchev–Trinajstić information content (AvgIpc) is 2.77. The van der Waals surface area contributed by atoms with E-state index in [0.717, 1.165) is 39.7 Å². The highest BCUT2D eigenvalue weighted by molar-refractivity contribution is 5.93. The molecule has 1 aliphatic heterocycles. The quantitative estimate of drug-likeness (QED) is 0.464. The lowest BCUT2D eigenvalue weighted by Gasteiger charge is -2.38. The van der Waals surface area contributed by atoms with E-state index in [1.54, 1.807) is 6.08 Å². The Morgan fingerprint density at radius 1 is 1.16 bits per heavy atom. The summed E-state index contributed by atoms with van der Waals surface area (Å²) in [6.45, 7) is 7.59. The number of carbonyl (C=O) groups is 1. The van der Waals surface area contributed by atoms with Crippen LogP contribution in [0.25, 0.3) is 22.3 Å². The van der Waals surface area contributed by atoms with E-state index in [1.165, 1.54) is 0 Å². The summed E-state index contributed by atoms with van der Waals surface area (Å²) in [5.74, 6) is -0.776. The number of allylic oxidation sites excluding steroid dienone is 3. The number of rotatable bonds is 6. The number of hydrogen-bond acceptors (Lipinski definition) is 4. The number of fused-ring (bicyclic) bond motifs is 2. The lowest BCUT2D eigenvalue weighted by atomic mass is 9.64. The average molecular weight is 453 g/mol. The first-order chi connectivity index (χ1) is 15.0. The summed E-state index contributed by atoms with van der Waals surface area (Å²) in [4.78, 5) is 16.8. The van der Waals surface area contributed by atoms with Crippen LogP contribution in [-0.2, 0) is 10.2 Å². The lowest BCUT2D eigenvalue weighted by molar-refractivity contribution is -0.141. The molecule has 0 amide bonds. The van der Waals surface area contributed by atoms with Gasteiger partial charge in [-0.25, -0.2) is 0 Å². The molecule has 2 N–H and O–H groups in total. The van der Waals surface area contributed by atoms with Crippen molar-refractivity contribution in [3.8, 4) is 11.3 Å². The smallest absolute Gasteiger partial charge is 0.311 e. The summed E-state index contributed by atoms with van der Waals surface area (Å²) in [5, 5.41) is 15.2. The highest BCUT2D eigenvalue weighted by atomic mass is 35.5. The van der Waals surface area contributed by atoms with Gasteiger partial charge in [-0.1, -0.05) is 31.2 Å². The first-order valence-electron chi connectivity index (χ1n) is 10.9. The van der Waals surface area contributed by atoms with E-state index in [-0.39, 0.29) is 12.4 Å². The van der Waals surface area contributed by atoms with Gasteiger partial charge in [0.1, 0.15) is 11.3 Å². The molecule has 0 aromatic heterocycles. The van der Waals surface area contributed by atoms with Crippen molar-refractivity contribution in [3.63, 3.8) is 0 Å². The van der Waals surface area contributed by atoms with Gasteiger partial charge in [-0.15, -0.1) is 12.4 Å². The van der Waals surface area contributed by atoms with Crippen LogP contribution >= 0.6 is 12.4 Å². The van der Waals surface area contributed by atoms with Crippen molar-refractivity contribution in [2.75, 3.05) is 18.4 Å². The van der Waals surface area contributed by atoms with Crippen LogP contribution in [0, 0.1) is 5.92 Å². The van der Waals surface area contributed by atoms with E-state index in [0.29, 0.717) is 18.7 Å². The number of carboxylic acids is 1. The molecule has 2 aliphatic carbocycles. The van der Waals surface area contributed by atoms with Crippen LogP contribution < -0.4 is 10.7 Å². The molecule has 0 bridgehead atoms. The fourth-order valence-electron chi connectivity index (χ4n) is 4.71. The van der Waals surface area contributed by atoms with Crippen molar-refractivity contribution in [3.05, 3.63) is 71.6 Å². The molecule has 0 saturated heterocycles. The second-order valence-electron chi connectivity index (χ2n) is 7.83. The summed E-state index contributed by atoms with van der Waals surface area (Å²) in [6.07, 6.45) is 8.27. The maximum atomic E-state index is 12.3. The number of aliphatic carboxylic acids is 1. The Kier molecular flexibility index (Phi) is 7.09. The monoisotopic (exact) mass is 452 g/mol. The first kappa shape index (κ1) is 23.6. The molecule has 1 aromatic rings. The minimum absolute atomic E-state index is 0. The van der Waals surface area contributed by atoms with Crippen molar-refractivity contribution < 1.29 is 14.3 Å². The zero-order valence-electron chi connectivity index (χ0n) is 18.6.